The van der Waals surface area contributed by atoms with E-state index in [1.165, 1.54) is 0 Å². The Morgan fingerprint density at radius 3 is 2.79 bits per heavy atom. The van der Waals surface area contributed by atoms with Crippen LogP contribution in [0.1, 0.15) is 5.56 Å². The summed E-state index contributed by atoms with van der Waals surface area (Å²) in [5, 5.41) is 1.07. The molecule has 2 aromatic rings. The molecule has 1 aromatic carbocycles. The van der Waals surface area contributed by atoms with Gasteiger partial charge in [-0.25, -0.2) is 0 Å². The van der Waals surface area contributed by atoms with E-state index in [0.717, 1.165) is 22.3 Å². The van der Waals surface area contributed by atoms with Gasteiger partial charge in [0.05, 0.1) is 7.11 Å². The molecule has 0 saturated heterocycles. The average molecular weight is 206 g/mol. The number of aryl methyl sites for hydroxylation is 1. The topological polar surface area (TPSA) is 22.4 Å². The maximum atomic E-state index is 5.42. The minimum atomic E-state index is 0.503. The lowest BCUT2D eigenvalue weighted by atomic mass is 10.1. The second-order valence-corrected chi connectivity index (χ2v) is 3.51. The summed E-state index contributed by atoms with van der Waals surface area (Å²) < 4.78 is 11.0. The fourth-order valence-corrected chi connectivity index (χ4v) is 1.70. The number of rotatable bonds is 1. The molecule has 2 nitrogen and oxygen atoms in total. The van der Waals surface area contributed by atoms with Crippen molar-refractivity contribution in [1.29, 1.82) is 0 Å². The van der Waals surface area contributed by atoms with Crippen molar-refractivity contribution in [3.05, 3.63) is 34.5 Å². The summed E-state index contributed by atoms with van der Waals surface area (Å²) in [6, 6.07) is 7.58. The number of fused-ring (bicyclic) bond motifs is 1. The summed E-state index contributed by atoms with van der Waals surface area (Å²) >= 11 is 5.00. The van der Waals surface area contributed by atoms with Crippen molar-refractivity contribution in [2.75, 3.05) is 7.11 Å². The van der Waals surface area contributed by atoms with Gasteiger partial charge in [0.1, 0.15) is 11.3 Å². The maximum absolute atomic E-state index is 5.42. The van der Waals surface area contributed by atoms with Crippen LogP contribution in [0.15, 0.2) is 28.7 Å². The van der Waals surface area contributed by atoms with Gasteiger partial charge < -0.3 is 9.15 Å². The van der Waals surface area contributed by atoms with Crippen LogP contribution in [0.25, 0.3) is 11.0 Å². The molecule has 14 heavy (non-hydrogen) atoms. The molecular formula is C11H10O2S. The van der Waals surface area contributed by atoms with E-state index in [9.17, 15) is 0 Å². The van der Waals surface area contributed by atoms with Crippen LogP contribution in [0.5, 0.6) is 5.75 Å². The second kappa shape index (κ2) is 3.42. The number of hydrogen-bond donors (Lipinski definition) is 0. The van der Waals surface area contributed by atoms with Crippen LogP contribution < -0.4 is 4.74 Å². The number of hydrogen-bond acceptors (Lipinski definition) is 3. The van der Waals surface area contributed by atoms with E-state index in [-0.39, 0.29) is 0 Å². The van der Waals surface area contributed by atoms with E-state index >= 15 is 0 Å². The molecule has 0 fully saturated rings. The molecule has 2 rings (SSSR count). The van der Waals surface area contributed by atoms with E-state index in [2.05, 4.69) is 0 Å². The van der Waals surface area contributed by atoms with Crippen LogP contribution in [-0.4, -0.2) is 7.11 Å². The van der Waals surface area contributed by atoms with Crippen LogP contribution in [-0.2, 0) is 0 Å². The Labute approximate surface area is 87.1 Å². The molecule has 0 bridgehead atoms. The van der Waals surface area contributed by atoms with Crippen molar-refractivity contribution in [3.63, 3.8) is 0 Å². The van der Waals surface area contributed by atoms with Crippen LogP contribution in [0, 0.1) is 11.6 Å². The van der Waals surface area contributed by atoms with E-state index in [1.54, 1.807) is 7.11 Å². The highest BCUT2D eigenvalue weighted by molar-refractivity contribution is 7.71. The van der Waals surface area contributed by atoms with Gasteiger partial charge in [0, 0.05) is 11.5 Å². The molecule has 0 unspecified atom stereocenters. The predicted octanol–water partition coefficient (Wildman–Crippen LogP) is 3.48. The van der Waals surface area contributed by atoms with E-state index in [0.29, 0.717) is 4.71 Å². The van der Waals surface area contributed by atoms with Crippen molar-refractivity contribution in [3.8, 4) is 5.75 Å². The van der Waals surface area contributed by atoms with Gasteiger partial charge in [-0.3, -0.25) is 0 Å². The summed E-state index contributed by atoms with van der Waals surface area (Å²) in [5.41, 5.74) is 1.90. The van der Waals surface area contributed by atoms with Crippen LogP contribution in [0.3, 0.4) is 0 Å². The minimum Gasteiger partial charge on any atom is -0.497 e. The predicted molar refractivity (Wildman–Crippen MR) is 58.3 cm³/mol. The Morgan fingerprint density at radius 2 is 2.07 bits per heavy atom. The smallest absolute Gasteiger partial charge is 0.191 e. The van der Waals surface area contributed by atoms with Crippen LogP contribution in [0.4, 0.5) is 0 Å². The van der Waals surface area contributed by atoms with Gasteiger partial charge in [0.2, 0.25) is 0 Å². The van der Waals surface area contributed by atoms with Gasteiger partial charge in [-0.15, -0.1) is 0 Å². The van der Waals surface area contributed by atoms with E-state index < -0.39 is 0 Å². The summed E-state index contributed by atoms with van der Waals surface area (Å²) in [4.78, 5) is 0. The molecule has 0 atom stereocenters. The zero-order valence-electron chi connectivity index (χ0n) is 8.03. The molecule has 0 N–H and O–H groups in total. The molecule has 0 saturated carbocycles. The number of ether oxygens (including phenoxy) is 1. The summed E-state index contributed by atoms with van der Waals surface area (Å²) in [6.07, 6.45) is 0. The minimum absolute atomic E-state index is 0.503. The standard InChI is InChI=1S/C11H10O2S/c1-7-5-11(14)13-10-6-8(12-2)3-4-9(7)10/h3-6H,1-2H3. The van der Waals surface area contributed by atoms with Gasteiger partial charge in [-0.1, -0.05) is 0 Å². The Balaban J connectivity index is 2.82. The quantitative estimate of drug-likeness (QED) is 0.667. The molecule has 3 heteroatoms. The van der Waals surface area contributed by atoms with Crippen molar-refractivity contribution >= 4 is 23.2 Å². The van der Waals surface area contributed by atoms with Gasteiger partial charge in [-0.05, 0) is 42.9 Å². The molecule has 0 spiro atoms. The first kappa shape index (κ1) is 9.21. The van der Waals surface area contributed by atoms with Gasteiger partial charge in [0.15, 0.2) is 4.71 Å². The summed E-state index contributed by atoms with van der Waals surface area (Å²) in [5.74, 6) is 0.779. The lowest BCUT2D eigenvalue weighted by Crippen LogP contribution is -1.84. The number of benzene rings is 1. The fraction of sp³-hybridized carbons (Fsp3) is 0.182. The zero-order chi connectivity index (χ0) is 10.1. The summed E-state index contributed by atoms with van der Waals surface area (Å²) in [7, 11) is 1.63. The maximum Gasteiger partial charge on any atom is 0.191 e. The lowest BCUT2D eigenvalue weighted by Gasteiger charge is -2.03. The molecule has 1 heterocycles. The SMILES string of the molecule is COc1ccc2c(C)cc(=S)oc2c1. The lowest BCUT2D eigenvalue weighted by molar-refractivity contribution is 0.414. The van der Waals surface area contributed by atoms with Crippen molar-refractivity contribution < 1.29 is 9.15 Å². The monoisotopic (exact) mass is 206 g/mol. The zero-order valence-corrected chi connectivity index (χ0v) is 8.85. The highest BCUT2D eigenvalue weighted by Gasteiger charge is 2.01. The third kappa shape index (κ3) is 1.51. The highest BCUT2D eigenvalue weighted by Crippen LogP contribution is 2.23. The van der Waals surface area contributed by atoms with Crippen molar-refractivity contribution in [2.45, 2.75) is 6.92 Å². The molecule has 0 aliphatic rings. The second-order valence-electron chi connectivity index (χ2n) is 3.11. The molecule has 72 valence electrons. The van der Waals surface area contributed by atoms with Gasteiger partial charge in [0.25, 0.3) is 0 Å². The van der Waals surface area contributed by atoms with Gasteiger partial charge in [-0.2, -0.15) is 0 Å². The number of methoxy groups -OCH3 is 1. The van der Waals surface area contributed by atoms with E-state index in [4.69, 9.17) is 21.4 Å². The highest BCUT2D eigenvalue weighted by atomic mass is 32.1. The van der Waals surface area contributed by atoms with E-state index in [1.807, 2.05) is 31.2 Å². The molecule has 1 aromatic heterocycles. The fourth-order valence-electron chi connectivity index (χ4n) is 1.43. The molecule has 0 aliphatic carbocycles. The normalized spacial score (nSPS) is 10.4. The average Bonchev–Trinajstić information content (AvgIpc) is 2.16. The first-order valence-electron chi connectivity index (χ1n) is 4.29. The Morgan fingerprint density at radius 1 is 1.29 bits per heavy atom. The Kier molecular flexibility index (Phi) is 2.25. The Bertz CT molecular complexity index is 528. The molecule has 0 amide bonds. The Hall–Kier alpha value is -1.35. The van der Waals surface area contributed by atoms with Crippen molar-refractivity contribution in [2.24, 2.45) is 0 Å². The third-order valence-corrected chi connectivity index (χ3v) is 2.36. The first-order valence-corrected chi connectivity index (χ1v) is 4.70. The van der Waals surface area contributed by atoms with Gasteiger partial charge >= 0.3 is 0 Å². The first-order chi connectivity index (χ1) is 6.70. The third-order valence-electron chi connectivity index (χ3n) is 2.16. The molecule has 0 aliphatic heterocycles. The van der Waals surface area contributed by atoms with Crippen LogP contribution >= 0.6 is 12.2 Å². The molecular weight excluding hydrogens is 196 g/mol. The van der Waals surface area contributed by atoms with Crippen molar-refractivity contribution in [1.82, 2.24) is 0 Å². The summed E-state index contributed by atoms with van der Waals surface area (Å²) in [6.45, 7) is 2.01. The largest absolute Gasteiger partial charge is 0.497 e. The van der Waals surface area contributed by atoms with Crippen LogP contribution in [0.2, 0.25) is 0 Å². The molecule has 0 radical (unpaired) electrons.